The Kier molecular flexibility index (Phi) is 7.05. The minimum absolute atomic E-state index is 0.258. The number of halogens is 2. The van der Waals surface area contributed by atoms with Crippen LogP contribution in [0.5, 0.6) is 0 Å². The summed E-state index contributed by atoms with van der Waals surface area (Å²) in [5, 5.41) is 10.0. The van der Waals surface area contributed by atoms with Crippen LogP contribution in [-0.4, -0.2) is 14.1 Å². The van der Waals surface area contributed by atoms with Crippen LogP contribution in [0.1, 0.15) is 31.9 Å². The molecular formula is C18H21ClFNO2S2. The Bertz CT molecular complexity index is 778. The standard InChI is InChI=1S/C18H21ClFNO2S2/c1-18(2,3)25(23)21-10-12-5-4-6-15(19)17(12)24-16-8-7-14(20)9-13(16)11-22/h4-9,21-22H,10-11H2,1-3H3. The van der Waals surface area contributed by atoms with E-state index in [-0.39, 0.29) is 11.4 Å². The molecule has 0 aromatic heterocycles. The van der Waals surface area contributed by atoms with Crippen molar-refractivity contribution in [2.45, 2.75) is 48.5 Å². The predicted molar refractivity (Wildman–Crippen MR) is 103 cm³/mol. The molecule has 2 rings (SSSR count). The summed E-state index contributed by atoms with van der Waals surface area (Å²) in [5.74, 6) is -0.393. The SMILES string of the molecule is CC(C)(C)S(=O)NCc1cccc(Cl)c1Sc1ccc(F)cc1CO. The number of aliphatic hydroxyl groups excluding tert-OH is 1. The van der Waals surface area contributed by atoms with Crippen molar-refractivity contribution in [1.82, 2.24) is 4.72 Å². The van der Waals surface area contributed by atoms with Crippen LogP contribution in [0.15, 0.2) is 46.2 Å². The highest BCUT2D eigenvalue weighted by Gasteiger charge is 2.20. The fraction of sp³-hybridized carbons (Fsp3) is 0.333. The van der Waals surface area contributed by atoms with Crippen molar-refractivity contribution >= 4 is 34.3 Å². The molecule has 2 N–H and O–H groups in total. The minimum atomic E-state index is -1.20. The third kappa shape index (κ3) is 5.53. The molecule has 0 saturated heterocycles. The molecule has 0 heterocycles. The quantitative estimate of drug-likeness (QED) is 0.739. The molecular weight excluding hydrogens is 381 g/mol. The van der Waals surface area contributed by atoms with E-state index < -0.39 is 16.8 Å². The predicted octanol–water partition coefficient (Wildman–Crippen LogP) is 4.67. The van der Waals surface area contributed by atoms with Crippen LogP contribution in [0.3, 0.4) is 0 Å². The van der Waals surface area contributed by atoms with Crippen LogP contribution in [0.4, 0.5) is 4.39 Å². The maximum Gasteiger partial charge on any atom is 0.123 e. The van der Waals surface area contributed by atoms with Crippen molar-refractivity contribution in [1.29, 1.82) is 0 Å². The van der Waals surface area contributed by atoms with Crippen LogP contribution in [-0.2, 0) is 24.1 Å². The minimum Gasteiger partial charge on any atom is -0.392 e. The molecule has 2 aromatic rings. The number of aliphatic hydroxyl groups is 1. The van der Waals surface area contributed by atoms with E-state index in [1.807, 2.05) is 32.9 Å². The van der Waals surface area contributed by atoms with E-state index in [1.54, 1.807) is 12.1 Å². The molecule has 0 saturated carbocycles. The Morgan fingerprint density at radius 1 is 1.24 bits per heavy atom. The van der Waals surface area contributed by atoms with Crippen LogP contribution < -0.4 is 4.72 Å². The molecule has 3 nitrogen and oxygen atoms in total. The van der Waals surface area contributed by atoms with E-state index in [0.717, 1.165) is 15.4 Å². The molecule has 0 amide bonds. The fourth-order valence-corrected chi connectivity index (χ4v) is 4.12. The van der Waals surface area contributed by atoms with Gasteiger partial charge in [0, 0.05) is 16.3 Å². The molecule has 136 valence electrons. The number of nitrogens with one attached hydrogen (secondary N) is 1. The Morgan fingerprint density at radius 2 is 1.96 bits per heavy atom. The third-order valence-electron chi connectivity index (χ3n) is 3.40. The maximum atomic E-state index is 13.4. The Morgan fingerprint density at radius 3 is 2.60 bits per heavy atom. The average molecular weight is 402 g/mol. The molecule has 7 heteroatoms. The van der Waals surface area contributed by atoms with Crippen LogP contribution in [0.25, 0.3) is 0 Å². The first-order valence-corrected chi connectivity index (χ1v) is 10.1. The fourth-order valence-electron chi connectivity index (χ4n) is 2.05. The van der Waals surface area contributed by atoms with Crippen molar-refractivity contribution in [3.63, 3.8) is 0 Å². The third-order valence-corrected chi connectivity index (χ3v) is 6.65. The first-order valence-electron chi connectivity index (χ1n) is 7.72. The molecule has 0 spiro atoms. The Balaban J connectivity index is 2.28. The second-order valence-corrected chi connectivity index (χ2v) is 9.95. The number of benzene rings is 2. The molecule has 0 radical (unpaired) electrons. The van der Waals surface area contributed by atoms with Gasteiger partial charge < -0.3 is 5.11 Å². The zero-order valence-electron chi connectivity index (χ0n) is 14.3. The molecule has 1 atom stereocenters. The molecule has 25 heavy (non-hydrogen) atoms. The van der Waals surface area contributed by atoms with Crippen molar-refractivity contribution < 1.29 is 13.7 Å². The van der Waals surface area contributed by atoms with Gasteiger partial charge >= 0.3 is 0 Å². The second kappa shape index (κ2) is 8.64. The topological polar surface area (TPSA) is 49.3 Å². The molecule has 0 aliphatic carbocycles. The van der Waals surface area contributed by atoms with Gasteiger partial charge in [-0.1, -0.05) is 35.5 Å². The van der Waals surface area contributed by atoms with Gasteiger partial charge in [-0.25, -0.2) is 13.3 Å². The van der Waals surface area contributed by atoms with E-state index in [9.17, 15) is 13.7 Å². The molecule has 2 aromatic carbocycles. The average Bonchev–Trinajstić information content (AvgIpc) is 2.55. The van der Waals surface area contributed by atoms with Crippen molar-refractivity contribution in [2.24, 2.45) is 0 Å². The summed E-state index contributed by atoms with van der Waals surface area (Å²) < 4.78 is 28.2. The lowest BCUT2D eigenvalue weighted by Crippen LogP contribution is -2.33. The van der Waals surface area contributed by atoms with Gasteiger partial charge in [0.05, 0.1) is 27.4 Å². The normalized spacial score (nSPS) is 13.0. The van der Waals surface area contributed by atoms with Crippen molar-refractivity contribution in [3.8, 4) is 0 Å². The lowest BCUT2D eigenvalue weighted by molar-refractivity contribution is 0.278. The summed E-state index contributed by atoms with van der Waals surface area (Å²) in [6.07, 6.45) is 0. The maximum absolute atomic E-state index is 13.4. The summed E-state index contributed by atoms with van der Waals surface area (Å²) in [6, 6.07) is 9.80. The highest BCUT2D eigenvalue weighted by Crippen LogP contribution is 2.38. The first kappa shape index (κ1) is 20.4. The number of rotatable bonds is 6. The van der Waals surface area contributed by atoms with Crippen LogP contribution >= 0.6 is 23.4 Å². The molecule has 0 aliphatic heterocycles. The second-order valence-electron chi connectivity index (χ2n) is 6.44. The van der Waals surface area contributed by atoms with E-state index in [2.05, 4.69) is 4.72 Å². The van der Waals surface area contributed by atoms with E-state index in [4.69, 9.17) is 11.6 Å². The molecule has 1 unspecified atom stereocenters. The molecule has 0 bridgehead atoms. The van der Waals surface area contributed by atoms with Gasteiger partial charge in [-0.2, -0.15) is 0 Å². The highest BCUT2D eigenvalue weighted by atomic mass is 35.5. The van der Waals surface area contributed by atoms with Gasteiger partial charge in [0.15, 0.2) is 0 Å². The summed E-state index contributed by atoms with van der Waals surface area (Å²) in [5.41, 5.74) is 1.39. The zero-order valence-corrected chi connectivity index (χ0v) is 16.7. The van der Waals surface area contributed by atoms with Gasteiger partial charge in [-0.05, 0) is 56.2 Å². The van der Waals surface area contributed by atoms with Gasteiger partial charge in [0.1, 0.15) is 5.82 Å². The summed E-state index contributed by atoms with van der Waals surface area (Å²) >= 11 is 7.71. The van der Waals surface area contributed by atoms with Gasteiger partial charge in [0.25, 0.3) is 0 Å². The highest BCUT2D eigenvalue weighted by molar-refractivity contribution is 7.99. The van der Waals surface area contributed by atoms with Crippen LogP contribution in [0.2, 0.25) is 5.02 Å². The Labute approximate surface area is 159 Å². The monoisotopic (exact) mass is 401 g/mol. The van der Waals surface area contributed by atoms with Gasteiger partial charge in [-0.15, -0.1) is 0 Å². The summed E-state index contributed by atoms with van der Waals surface area (Å²) in [6.45, 7) is 5.83. The van der Waals surface area contributed by atoms with Crippen molar-refractivity contribution in [2.75, 3.05) is 0 Å². The summed E-state index contributed by atoms with van der Waals surface area (Å²) in [4.78, 5) is 1.53. The number of hydrogen-bond donors (Lipinski definition) is 2. The summed E-state index contributed by atoms with van der Waals surface area (Å²) in [7, 11) is -1.20. The van der Waals surface area contributed by atoms with Crippen LogP contribution in [0, 0.1) is 5.82 Å². The van der Waals surface area contributed by atoms with E-state index >= 15 is 0 Å². The Hall–Kier alpha value is -0.920. The first-order chi connectivity index (χ1) is 11.7. The van der Waals surface area contributed by atoms with Crippen molar-refractivity contribution in [3.05, 3.63) is 58.4 Å². The lowest BCUT2D eigenvalue weighted by Gasteiger charge is -2.19. The smallest absolute Gasteiger partial charge is 0.123 e. The van der Waals surface area contributed by atoms with E-state index in [1.165, 1.54) is 23.9 Å². The van der Waals surface area contributed by atoms with Gasteiger partial charge in [0.2, 0.25) is 0 Å². The largest absolute Gasteiger partial charge is 0.392 e. The lowest BCUT2D eigenvalue weighted by atomic mass is 10.2. The van der Waals surface area contributed by atoms with Gasteiger partial charge in [-0.3, -0.25) is 0 Å². The number of hydrogen-bond acceptors (Lipinski definition) is 3. The van der Waals surface area contributed by atoms with E-state index in [0.29, 0.717) is 17.1 Å². The zero-order chi connectivity index (χ0) is 18.6. The molecule has 0 fully saturated rings. The molecule has 0 aliphatic rings.